The molecule has 0 aliphatic carbocycles. The van der Waals surface area contributed by atoms with Crippen molar-refractivity contribution < 1.29 is 19.4 Å². The Balaban J connectivity index is 1.57. The van der Waals surface area contributed by atoms with Crippen LogP contribution in [0.5, 0.6) is 5.75 Å². The van der Waals surface area contributed by atoms with Gasteiger partial charge in [-0.25, -0.2) is 9.78 Å². The molecule has 1 atom stereocenters. The summed E-state index contributed by atoms with van der Waals surface area (Å²) in [6.45, 7) is 1.61. The average molecular weight is 384 g/mol. The fourth-order valence-corrected chi connectivity index (χ4v) is 3.35. The molecule has 7 nitrogen and oxygen atoms in total. The minimum Gasteiger partial charge on any atom is -0.479 e. The Hall–Kier alpha value is -1.83. The number of nitrogens with zero attached hydrogens (tertiary/aromatic N) is 3. The van der Waals surface area contributed by atoms with E-state index in [9.17, 15) is 9.59 Å². The molecule has 124 valence electrons. The molecule has 2 saturated heterocycles. The Labute approximate surface area is 142 Å². The first-order valence-corrected chi connectivity index (χ1v) is 8.40. The van der Waals surface area contributed by atoms with Crippen LogP contribution < -0.4 is 4.74 Å². The number of hydrogen-bond donors (Lipinski definition) is 1. The summed E-state index contributed by atoms with van der Waals surface area (Å²) >= 11 is 3.26. The molecule has 0 radical (unpaired) electrons. The lowest BCUT2D eigenvalue weighted by Gasteiger charge is -2.35. The first kappa shape index (κ1) is 16.0. The molecule has 2 aliphatic heterocycles. The maximum Gasteiger partial charge on any atom is 0.407 e. The zero-order valence-corrected chi connectivity index (χ0v) is 14.1. The number of carboxylic acid groups (broad SMARTS) is 1. The van der Waals surface area contributed by atoms with Gasteiger partial charge in [-0.3, -0.25) is 4.79 Å². The van der Waals surface area contributed by atoms with Crippen LogP contribution in [0.3, 0.4) is 0 Å². The summed E-state index contributed by atoms with van der Waals surface area (Å²) in [6, 6.07) is 3.65. The second-order valence-corrected chi connectivity index (χ2v) is 6.56. The molecule has 3 rings (SSSR count). The van der Waals surface area contributed by atoms with Crippen molar-refractivity contribution in [3.05, 3.63) is 22.9 Å². The number of pyridine rings is 1. The number of carbonyl (C=O) groups excluding carboxylic acids is 1. The molecular formula is C15H18BrN3O4. The van der Waals surface area contributed by atoms with Gasteiger partial charge in [0, 0.05) is 32.1 Å². The van der Waals surface area contributed by atoms with E-state index >= 15 is 0 Å². The molecule has 3 heterocycles. The highest BCUT2D eigenvalue weighted by molar-refractivity contribution is 9.10. The summed E-state index contributed by atoms with van der Waals surface area (Å²) in [6.07, 6.45) is 2.24. The van der Waals surface area contributed by atoms with Gasteiger partial charge < -0.3 is 19.6 Å². The Morgan fingerprint density at radius 2 is 2.00 bits per heavy atom. The number of piperidine rings is 1. The second-order valence-electron chi connectivity index (χ2n) is 5.74. The first-order chi connectivity index (χ1) is 11.0. The van der Waals surface area contributed by atoms with Gasteiger partial charge in [-0.1, -0.05) is 0 Å². The summed E-state index contributed by atoms with van der Waals surface area (Å²) in [4.78, 5) is 30.8. The number of likely N-dealkylation sites (tertiary alicyclic amines) is 2. The molecule has 1 aromatic heterocycles. The van der Waals surface area contributed by atoms with E-state index in [1.807, 2.05) is 4.90 Å². The van der Waals surface area contributed by atoms with Gasteiger partial charge in [-0.15, -0.1) is 0 Å². The molecule has 0 saturated carbocycles. The standard InChI is InChI=1S/C15H18BrN3O4/c16-13-2-1-11(9-17-13)23-12-5-8-19(14(12)20)10-3-6-18(7-4-10)15(21)22/h1-2,9-10,12H,3-8H2,(H,21,22)/t12-/m0/s1. The van der Waals surface area contributed by atoms with Crippen molar-refractivity contribution in [1.82, 2.24) is 14.8 Å². The molecule has 8 heteroatoms. The molecule has 2 amide bonds. The molecule has 0 aromatic carbocycles. The van der Waals surface area contributed by atoms with Gasteiger partial charge in [0.05, 0.1) is 6.20 Å². The fourth-order valence-electron chi connectivity index (χ4n) is 3.11. The zero-order valence-electron chi connectivity index (χ0n) is 12.5. The average Bonchev–Trinajstić information content (AvgIpc) is 2.90. The molecule has 23 heavy (non-hydrogen) atoms. The minimum atomic E-state index is -0.889. The van der Waals surface area contributed by atoms with Gasteiger partial charge in [-0.05, 0) is 40.9 Å². The Bertz CT molecular complexity index is 587. The van der Waals surface area contributed by atoms with E-state index in [0.29, 0.717) is 44.6 Å². The van der Waals surface area contributed by atoms with Gasteiger partial charge in [0.1, 0.15) is 10.4 Å². The number of carbonyl (C=O) groups is 2. The lowest BCUT2D eigenvalue weighted by molar-refractivity contribution is -0.136. The summed E-state index contributed by atoms with van der Waals surface area (Å²) in [5, 5.41) is 8.98. The van der Waals surface area contributed by atoms with Crippen LogP contribution in [0.1, 0.15) is 19.3 Å². The number of aromatic nitrogens is 1. The van der Waals surface area contributed by atoms with E-state index in [1.54, 1.807) is 18.3 Å². The van der Waals surface area contributed by atoms with Crippen molar-refractivity contribution in [3.8, 4) is 5.75 Å². The molecule has 2 aliphatic rings. The highest BCUT2D eigenvalue weighted by Gasteiger charge is 2.38. The van der Waals surface area contributed by atoms with E-state index in [0.717, 1.165) is 4.60 Å². The van der Waals surface area contributed by atoms with Crippen LogP contribution in [0.15, 0.2) is 22.9 Å². The lowest BCUT2D eigenvalue weighted by atomic mass is 10.0. The van der Waals surface area contributed by atoms with Crippen LogP contribution in [-0.2, 0) is 4.79 Å². The number of ether oxygens (including phenoxy) is 1. The normalized spacial score (nSPS) is 22.5. The lowest BCUT2D eigenvalue weighted by Crippen LogP contribution is -2.48. The third kappa shape index (κ3) is 3.57. The molecule has 0 unspecified atom stereocenters. The summed E-state index contributed by atoms with van der Waals surface area (Å²) < 4.78 is 6.46. The summed E-state index contributed by atoms with van der Waals surface area (Å²) in [5.41, 5.74) is 0. The van der Waals surface area contributed by atoms with Crippen LogP contribution >= 0.6 is 15.9 Å². The van der Waals surface area contributed by atoms with Crippen molar-refractivity contribution >= 4 is 27.9 Å². The van der Waals surface area contributed by atoms with Gasteiger partial charge in [-0.2, -0.15) is 0 Å². The van der Waals surface area contributed by atoms with Crippen LogP contribution in [-0.4, -0.2) is 63.7 Å². The highest BCUT2D eigenvalue weighted by Crippen LogP contribution is 2.25. The molecule has 1 N–H and O–H groups in total. The minimum absolute atomic E-state index is 0.0123. The Kier molecular flexibility index (Phi) is 4.70. The molecule has 0 bridgehead atoms. The maximum atomic E-state index is 12.5. The summed E-state index contributed by atoms with van der Waals surface area (Å²) in [7, 11) is 0. The van der Waals surface area contributed by atoms with E-state index in [-0.39, 0.29) is 11.9 Å². The highest BCUT2D eigenvalue weighted by atomic mass is 79.9. The summed E-state index contributed by atoms with van der Waals surface area (Å²) in [5.74, 6) is 0.566. The molecular weight excluding hydrogens is 366 g/mol. The molecule has 1 aromatic rings. The van der Waals surface area contributed by atoms with Crippen LogP contribution in [0, 0.1) is 0 Å². The third-order valence-corrected chi connectivity index (χ3v) is 4.81. The number of halogens is 1. The number of amides is 2. The van der Waals surface area contributed by atoms with Crippen molar-refractivity contribution in [2.24, 2.45) is 0 Å². The zero-order chi connectivity index (χ0) is 16.4. The topological polar surface area (TPSA) is 83.0 Å². The van der Waals surface area contributed by atoms with E-state index in [4.69, 9.17) is 9.84 Å². The quantitative estimate of drug-likeness (QED) is 0.806. The van der Waals surface area contributed by atoms with Gasteiger partial charge in [0.25, 0.3) is 5.91 Å². The predicted octanol–water partition coefficient (Wildman–Crippen LogP) is 1.97. The van der Waals surface area contributed by atoms with Crippen LogP contribution in [0.25, 0.3) is 0 Å². The second kappa shape index (κ2) is 6.74. The van der Waals surface area contributed by atoms with Gasteiger partial charge in [0.2, 0.25) is 0 Å². The maximum absolute atomic E-state index is 12.5. The number of hydrogen-bond acceptors (Lipinski definition) is 4. The third-order valence-electron chi connectivity index (χ3n) is 4.35. The monoisotopic (exact) mass is 383 g/mol. The fraction of sp³-hybridized carbons (Fsp3) is 0.533. The van der Waals surface area contributed by atoms with Crippen molar-refractivity contribution in [1.29, 1.82) is 0 Å². The number of rotatable bonds is 3. The van der Waals surface area contributed by atoms with Crippen molar-refractivity contribution in [2.75, 3.05) is 19.6 Å². The predicted molar refractivity (Wildman–Crippen MR) is 85.3 cm³/mol. The molecule has 2 fully saturated rings. The van der Waals surface area contributed by atoms with Crippen molar-refractivity contribution in [3.63, 3.8) is 0 Å². The SMILES string of the molecule is O=C(O)N1CCC(N2CC[C@H](Oc3ccc(Br)nc3)C2=O)CC1. The van der Waals surface area contributed by atoms with Crippen LogP contribution in [0.2, 0.25) is 0 Å². The first-order valence-electron chi connectivity index (χ1n) is 7.61. The Morgan fingerprint density at radius 3 is 2.61 bits per heavy atom. The van der Waals surface area contributed by atoms with Gasteiger partial charge >= 0.3 is 6.09 Å². The van der Waals surface area contributed by atoms with E-state index in [2.05, 4.69) is 20.9 Å². The van der Waals surface area contributed by atoms with Crippen molar-refractivity contribution in [2.45, 2.75) is 31.4 Å². The smallest absolute Gasteiger partial charge is 0.407 e. The van der Waals surface area contributed by atoms with E-state index < -0.39 is 12.2 Å². The van der Waals surface area contributed by atoms with E-state index in [1.165, 1.54) is 4.90 Å². The van der Waals surface area contributed by atoms with Gasteiger partial charge in [0.15, 0.2) is 6.10 Å². The van der Waals surface area contributed by atoms with Crippen LogP contribution in [0.4, 0.5) is 4.79 Å². The Morgan fingerprint density at radius 1 is 1.26 bits per heavy atom. The largest absolute Gasteiger partial charge is 0.479 e. The molecule has 0 spiro atoms.